The molecule has 0 aromatic heterocycles. The third kappa shape index (κ3) is 49.3. The van der Waals surface area contributed by atoms with Crippen molar-refractivity contribution in [2.75, 3.05) is 13.2 Å². The van der Waals surface area contributed by atoms with Gasteiger partial charge in [-0.25, -0.2) is 0 Å². The molecule has 1 atom stereocenters. The molecule has 0 radical (unpaired) electrons. The van der Waals surface area contributed by atoms with Gasteiger partial charge >= 0.3 is 17.9 Å². The lowest BCUT2D eigenvalue weighted by atomic mass is 10.0. The van der Waals surface area contributed by atoms with E-state index in [4.69, 9.17) is 14.2 Å². The van der Waals surface area contributed by atoms with Gasteiger partial charge in [0.15, 0.2) is 6.10 Å². The van der Waals surface area contributed by atoms with Gasteiger partial charge in [-0.3, -0.25) is 14.4 Å². The number of carbonyl (C=O) groups excluding carboxylic acids is 3. The van der Waals surface area contributed by atoms with Crippen molar-refractivity contribution in [2.24, 2.45) is 11.8 Å². The quantitative estimate of drug-likeness (QED) is 0.0344. The van der Waals surface area contributed by atoms with E-state index >= 15 is 0 Å². The number of rotatable bonds is 49. The summed E-state index contributed by atoms with van der Waals surface area (Å²) < 4.78 is 16.8. The maximum absolute atomic E-state index is 12.7. The minimum Gasteiger partial charge on any atom is -0.462 e. The molecule has 0 aliphatic heterocycles. The maximum atomic E-state index is 12.7. The van der Waals surface area contributed by atoms with Gasteiger partial charge in [0.05, 0.1) is 0 Å². The van der Waals surface area contributed by atoms with Crippen molar-refractivity contribution < 1.29 is 28.6 Å². The predicted octanol–water partition coefficient (Wildman–Crippen LogP) is 17.7. The Morgan fingerprint density at radius 2 is 0.541 bits per heavy atom. The molecule has 0 aromatic rings. The van der Waals surface area contributed by atoms with Crippen LogP contribution in [-0.2, 0) is 28.6 Å². The molecule has 0 rings (SSSR count). The van der Waals surface area contributed by atoms with Crippen LogP contribution < -0.4 is 0 Å². The molecule has 0 saturated heterocycles. The van der Waals surface area contributed by atoms with Gasteiger partial charge in [0.2, 0.25) is 0 Å². The topological polar surface area (TPSA) is 78.9 Å². The minimum absolute atomic E-state index is 0.0644. The highest BCUT2D eigenvalue weighted by Crippen LogP contribution is 2.18. The molecule has 0 heterocycles. The first-order chi connectivity index (χ1) is 29.7. The van der Waals surface area contributed by atoms with E-state index in [2.05, 4.69) is 34.6 Å². The van der Waals surface area contributed by atoms with Crippen LogP contribution in [0.25, 0.3) is 0 Å². The average Bonchev–Trinajstić information content (AvgIpc) is 3.23. The summed E-state index contributed by atoms with van der Waals surface area (Å²) in [7, 11) is 0. The Hall–Kier alpha value is -1.59. The number of carbonyl (C=O) groups is 3. The van der Waals surface area contributed by atoms with E-state index in [0.29, 0.717) is 19.3 Å². The smallest absolute Gasteiger partial charge is 0.306 e. The molecule has 0 aromatic carbocycles. The lowest BCUT2D eigenvalue weighted by Crippen LogP contribution is -2.30. The average molecular weight is 863 g/mol. The van der Waals surface area contributed by atoms with Gasteiger partial charge in [0, 0.05) is 19.3 Å². The zero-order valence-electron chi connectivity index (χ0n) is 41.8. The fourth-order valence-corrected chi connectivity index (χ4v) is 8.34. The van der Waals surface area contributed by atoms with E-state index in [0.717, 1.165) is 69.6 Å². The largest absolute Gasteiger partial charge is 0.462 e. The van der Waals surface area contributed by atoms with E-state index in [-0.39, 0.29) is 31.1 Å². The van der Waals surface area contributed by atoms with Crippen LogP contribution in [0.15, 0.2) is 0 Å². The summed E-state index contributed by atoms with van der Waals surface area (Å²) in [6.07, 6.45) is 49.7. The van der Waals surface area contributed by atoms with Crippen LogP contribution >= 0.6 is 0 Å². The second-order valence-electron chi connectivity index (χ2n) is 19.8. The summed E-state index contributed by atoms with van der Waals surface area (Å²) >= 11 is 0. The van der Waals surface area contributed by atoms with Crippen LogP contribution in [0.1, 0.15) is 304 Å². The molecule has 0 amide bonds. The lowest BCUT2D eigenvalue weighted by Gasteiger charge is -2.18. The van der Waals surface area contributed by atoms with Crippen LogP contribution in [0.2, 0.25) is 0 Å². The molecule has 0 spiro atoms. The van der Waals surface area contributed by atoms with Crippen molar-refractivity contribution in [1.82, 2.24) is 0 Å². The summed E-state index contributed by atoms with van der Waals surface area (Å²) in [4.78, 5) is 37.9. The van der Waals surface area contributed by atoms with Crippen molar-refractivity contribution >= 4 is 17.9 Å². The standard InChI is InChI=1S/C55H106O6/c1-6-7-8-9-10-11-12-13-14-15-16-17-20-23-26-29-35-40-45-53(56)59-48-52(61-55(58)47-42-37-32-31-34-39-44-51(4)5)49-60-54(57)46-41-36-30-27-24-21-18-19-22-25-28-33-38-43-50(2)3/h50-52H,6-49H2,1-5H3/t52-/m1/s1. The van der Waals surface area contributed by atoms with Gasteiger partial charge in [-0.2, -0.15) is 0 Å². The molecular formula is C55H106O6. The molecule has 6 nitrogen and oxygen atoms in total. The molecule has 362 valence electrons. The van der Waals surface area contributed by atoms with Crippen LogP contribution in [-0.4, -0.2) is 37.2 Å². The Balaban J connectivity index is 4.21. The molecule has 61 heavy (non-hydrogen) atoms. The number of ether oxygens (including phenoxy) is 3. The van der Waals surface area contributed by atoms with Gasteiger partial charge in [-0.15, -0.1) is 0 Å². The Morgan fingerprint density at radius 3 is 0.803 bits per heavy atom. The Morgan fingerprint density at radius 1 is 0.311 bits per heavy atom. The fourth-order valence-electron chi connectivity index (χ4n) is 8.34. The van der Waals surface area contributed by atoms with Crippen molar-refractivity contribution in [3.05, 3.63) is 0 Å². The van der Waals surface area contributed by atoms with Crippen LogP contribution in [0.3, 0.4) is 0 Å². The van der Waals surface area contributed by atoms with Crippen LogP contribution in [0, 0.1) is 11.8 Å². The van der Waals surface area contributed by atoms with Gasteiger partial charge in [0.25, 0.3) is 0 Å². The summed E-state index contributed by atoms with van der Waals surface area (Å²) in [5.74, 6) is 0.748. The van der Waals surface area contributed by atoms with Crippen LogP contribution in [0.5, 0.6) is 0 Å². The number of hydrogen-bond acceptors (Lipinski definition) is 6. The monoisotopic (exact) mass is 863 g/mol. The van der Waals surface area contributed by atoms with E-state index in [1.807, 2.05) is 0 Å². The van der Waals surface area contributed by atoms with Crippen molar-refractivity contribution in [3.63, 3.8) is 0 Å². The van der Waals surface area contributed by atoms with E-state index in [9.17, 15) is 14.4 Å². The molecule has 0 N–H and O–H groups in total. The van der Waals surface area contributed by atoms with Gasteiger partial charge in [0.1, 0.15) is 13.2 Å². The Bertz CT molecular complexity index is 931. The number of unbranched alkanes of at least 4 members (excludes halogenated alkanes) is 34. The summed E-state index contributed by atoms with van der Waals surface area (Å²) in [5.41, 5.74) is 0. The van der Waals surface area contributed by atoms with E-state index in [1.54, 1.807) is 0 Å². The molecule has 0 fully saturated rings. The van der Waals surface area contributed by atoms with Gasteiger partial charge in [-0.05, 0) is 31.1 Å². The number of hydrogen-bond donors (Lipinski definition) is 0. The third-order valence-electron chi connectivity index (χ3n) is 12.5. The van der Waals surface area contributed by atoms with Gasteiger partial charge < -0.3 is 14.2 Å². The molecular weight excluding hydrogens is 757 g/mol. The van der Waals surface area contributed by atoms with Crippen molar-refractivity contribution in [1.29, 1.82) is 0 Å². The zero-order valence-corrected chi connectivity index (χ0v) is 41.8. The second-order valence-corrected chi connectivity index (χ2v) is 19.8. The molecule has 0 bridgehead atoms. The van der Waals surface area contributed by atoms with Crippen LogP contribution in [0.4, 0.5) is 0 Å². The summed E-state index contributed by atoms with van der Waals surface area (Å²) in [6.45, 7) is 11.3. The fraction of sp³-hybridized carbons (Fsp3) is 0.945. The third-order valence-corrected chi connectivity index (χ3v) is 12.5. The molecule has 0 aliphatic rings. The highest BCUT2D eigenvalue weighted by Gasteiger charge is 2.19. The second kappa shape index (κ2) is 47.9. The summed E-state index contributed by atoms with van der Waals surface area (Å²) in [5, 5.41) is 0. The molecule has 0 saturated carbocycles. The molecule has 6 heteroatoms. The summed E-state index contributed by atoms with van der Waals surface area (Å²) in [6, 6.07) is 0. The lowest BCUT2D eigenvalue weighted by molar-refractivity contribution is -0.167. The van der Waals surface area contributed by atoms with Gasteiger partial charge in [-0.1, -0.05) is 266 Å². The normalized spacial score (nSPS) is 12.0. The highest BCUT2D eigenvalue weighted by molar-refractivity contribution is 5.71. The molecule has 0 unspecified atom stereocenters. The van der Waals surface area contributed by atoms with Crippen molar-refractivity contribution in [2.45, 2.75) is 310 Å². The first-order valence-electron chi connectivity index (χ1n) is 27.2. The van der Waals surface area contributed by atoms with Crippen molar-refractivity contribution in [3.8, 4) is 0 Å². The molecule has 0 aliphatic carbocycles. The minimum atomic E-state index is -0.762. The Labute approximate surface area is 380 Å². The van der Waals surface area contributed by atoms with E-state index in [1.165, 1.54) is 193 Å². The number of esters is 3. The highest BCUT2D eigenvalue weighted by atomic mass is 16.6. The van der Waals surface area contributed by atoms with E-state index < -0.39 is 6.10 Å². The SMILES string of the molecule is CCCCCCCCCCCCCCCCCCCCC(=O)OC[C@H](COC(=O)CCCCCCCCCCCCCCCC(C)C)OC(=O)CCCCCCCCC(C)C. The predicted molar refractivity (Wildman–Crippen MR) is 261 cm³/mol. The first-order valence-corrected chi connectivity index (χ1v) is 27.2. The Kier molecular flexibility index (Phi) is 46.6. The first kappa shape index (κ1) is 59.4. The zero-order chi connectivity index (χ0) is 44.7. The maximum Gasteiger partial charge on any atom is 0.306 e.